The predicted octanol–water partition coefficient (Wildman–Crippen LogP) is 5.04. The minimum Gasteiger partial charge on any atom is -0.377 e. The van der Waals surface area contributed by atoms with Crippen LogP contribution in [0.1, 0.15) is 29.5 Å². The van der Waals surface area contributed by atoms with Gasteiger partial charge in [0.25, 0.3) is 0 Å². The van der Waals surface area contributed by atoms with Crippen molar-refractivity contribution in [3.8, 4) is 0 Å². The molecule has 2 aromatic carbocycles. The molecule has 0 atom stereocenters. The highest BCUT2D eigenvalue weighted by Gasteiger charge is 2.40. The van der Waals surface area contributed by atoms with Gasteiger partial charge in [-0.25, -0.2) is 4.39 Å². The maximum absolute atomic E-state index is 13.8. The van der Waals surface area contributed by atoms with Crippen molar-refractivity contribution in [2.45, 2.75) is 31.4 Å². The van der Waals surface area contributed by atoms with Crippen LogP contribution >= 0.6 is 0 Å². The molecule has 1 saturated heterocycles. The molecule has 0 aromatic heterocycles. The molecule has 0 unspecified atom stereocenters. The number of rotatable bonds is 7. The zero-order chi connectivity index (χ0) is 19.3. The van der Waals surface area contributed by atoms with Gasteiger partial charge in [0.15, 0.2) is 5.79 Å². The SMILES string of the molecule is Fc1cc(C(F)(F)F)cc(C2(CCCOCc3ccccc3)OCCO2)c1. The number of alkyl halides is 3. The Morgan fingerprint density at radius 1 is 1.00 bits per heavy atom. The summed E-state index contributed by atoms with van der Waals surface area (Å²) >= 11 is 0. The lowest BCUT2D eigenvalue weighted by Crippen LogP contribution is -2.28. The molecule has 2 aromatic rings. The number of hydrogen-bond acceptors (Lipinski definition) is 3. The first kappa shape index (κ1) is 19.8. The lowest BCUT2D eigenvalue weighted by molar-refractivity contribution is -0.174. The van der Waals surface area contributed by atoms with Crippen LogP contribution in [0.25, 0.3) is 0 Å². The standard InChI is InChI=1S/C20H20F4O3/c21-18-12-16(11-17(13-18)20(22,23)24)19(26-9-10-27-19)7-4-8-25-14-15-5-2-1-3-6-15/h1-3,5-6,11-13H,4,7-10,14H2. The smallest absolute Gasteiger partial charge is 0.377 e. The molecule has 0 aliphatic carbocycles. The minimum atomic E-state index is -4.64. The van der Waals surface area contributed by atoms with E-state index in [9.17, 15) is 17.6 Å². The topological polar surface area (TPSA) is 27.7 Å². The van der Waals surface area contributed by atoms with Crippen molar-refractivity contribution in [3.05, 3.63) is 71.0 Å². The maximum Gasteiger partial charge on any atom is 0.416 e. The van der Waals surface area contributed by atoms with Gasteiger partial charge in [0, 0.05) is 18.6 Å². The van der Waals surface area contributed by atoms with E-state index in [1.54, 1.807) is 0 Å². The van der Waals surface area contributed by atoms with Crippen molar-refractivity contribution in [2.24, 2.45) is 0 Å². The molecule has 1 fully saturated rings. The molecule has 0 bridgehead atoms. The van der Waals surface area contributed by atoms with Gasteiger partial charge < -0.3 is 14.2 Å². The molecule has 27 heavy (non-hydrogen) atoms. The fourth-order valence-electron chi connectivity index (χ4n) is 3.05. The Morgan fingerprint density at radius 3 is 2.37 bits per heavy atom. The van der Waals surface area contributed by atoms with Crippen molar-refractivity contribution >= 4 is 0 Å². The highest BCUT2D eigenvalue weighted by Crippen LogP contribution is 2.39. The van der Waals surface area contributed by atoms with E-state index in [2.05, 4.69) is 0 Å². The Morgan fingerprint density at radius 2 is 1.70 bits per heavy atom. The summed E-state index contributed by atoms with van der Waals surface area (Å²) in [6, 6.07) is 12.0. The molecular weight excluding hydrogens is 364 g/mol. The Kier molecular flexibility index (Phi) is 6.14. The highest BCUT2D eigenvalue weighted by atomic mass is 19.4. The van der Waals surface area contributed by atoms with Crippen molar-refractivity contribution < 1.29 is 31.8 Å². The largest absolute Gasteiger partial charge is 0.416 e. The maximum atomic E-state index is 13.8. The third kappa shape index (κ3) is 5.06. The monoisotopic (exact) mass is 384 g/mol. The lowest BCUT2D eigenvalue weighted by atomic mass is 9.98. The summed E-state index contributed by atoms with van der Waals surface area (Å²) in [7, 11) is 0. The summed E-state index contributed by atoms with van der Waals surface area (Å²) in [6.45, 7) is 1.30. The summed E-state index contributed by atoms with van der Waals surface area (Å²) in [5, 5.41) is 0. The Balaban J connectivity index is 1.65. The number of benzene rings is 2. The second-order valence-electron chi connectivity index (χ2n) is 6.32. The highest BCUT2D eigenvalue weighted by molar-refractivity contribution is 5.30. The third-order valence-electron chi connectivity index (χ3n) is 4.32. The predicted molar refractivity (Wildman–Crippen MR) is 90.3 cm³/mol. The summed E-state index contributed by atoms with van der Waals surface area (Å²) in [4.78, 5) is 0. The van der Waals surface area contributed by atoms with Gasteiger partial charge in [-0.2, -0.15) is 13.2 Å². The average Bonchev–Trinajstić information content (AvgIpc) is 3.11. The zero-order valence-electron chi connectivity index (χ0n) is 14.6. The van der Waals surface area contributed by atoms with E-state index in [0.29, 0.717) is 25.7 Å². The summed E-state index contributed by atoms with van der Waals surface area (Å²) < 4.78 is 69.6. The molecule has 146 valence electrons. The molecule has 3 nitrogen and oxygen atoms in total. The molecule has 0 saturated carbocycles. The molecule has 1 aliphatic rings. The number of ether oxygens (including phenoxy) is 3. The number of halogens is 4. The van der Waals surface area contributed by atoms with Crippen molar-refractivity contribution in [1.82, 2.24) is 0 Å². The molecule has 3 rings (SSSR count). The summed E-state index contributed by atoms with van der Waals surface area (Å²) in [5.74, 6) is -2.35. The molecule has 1 heterocycles. The van der Waals surface area contributed by atoms with E-state index in [1.807, 2.05) is 30.3 Å². The van der Waals surface area contributed by atoms with Gasteiger partial charge >= 0.3 is 6.18 Å². The van der Waals surface area contributed by atoms with Crippen LogP contribution in [0.3, 0.4) is 0 Å². The van der Waals surface area contributed by atoms with Crippen LogP contribution in [0, 0.1) is 5.82 Å². The van der Waals surface area contributed by atoms with Crippen LogP contribution in [0.2, 0.25) is 0 Å². The molecule has 0 radical (unpaired) electrons. The molecule has 0 amide bonds. The van der Waals surface area contributed by atoms with Crippen molar-refractivity contribution in [2.75, 3.05) is 19.8 Å². The fraction of sp³-hybridized carbons (Fsp3) is 0.400. The van der Waals surface area contributed by atoms with E-state index >= 15 is 0 Å². The van der Waals surface area contributed by atoms with Gasteiger partial charge in [-0.05, 0) is 30.2 Å². The Bertz CT molecular complexity index is 741. The third-order valence-corrected chi connectivity index (χ3v) is 4.32. The Labute approximate surface area is 154 Å². The van der Waals surface area contributed by atoms with Gasteiger partial charge in [-0.3, -0.25) is 0 Å². The normalized spacial score (nSPS) is 16.6. The second kappa shape index (κ2) is 8.37. The molecule has 7 heteroatoms. The van der Waals surface area contributed by atoms with Gasteiger partial charge in [0.05, 0.1) is 25.4 Å². The van der Waals surface area contributed by atoms with Gasteiger partial charge in [-0.15, -0.1) is 0 Å². The van der Waals surface area contributed by atoms with Crippen LogP contribution in [0.4, 0.5) is 17.6 Å². The first-order valence-electron chi connectivity index (χ1n) is 8.67. The first-order chi connectivity index (χ1) is 12.9. The van der Waals surface area contributed by atoms with Crippen LogP contribution in [0.5, 0.6) is 0 Å². The lowest BCUT2D eigenvalue weighted by Gasteiger charge is -2.28. The summed E-state index contributed by atoms with van der Waals surface area (Å²) in [5.41, 5.74) is 0.00668. The summed E-state index contributed by atoms with van der Waals surface area (Å²) in [6.07, 6.45) is -3.89. The fourth-order valence-corrected chi connectivity index (χ4v) is 3.05. The van der Waals surface area contributed by atoms with E-state index in [-0.39, 0.29) is 25.2 Å². The van der Waals surface area contributed by atoms with Crippen LogP contribution < -0.4 is 0 Å². The average molecular weight is 384 g/mol. The minimum absolute atomic E-state index is 0.0374. The quantitative estimate of drug-likeness (QED) is 0.494. The Hall–Kier alpha value is -1.96. The van der Waals surface area contributed by atoms with Gasteiger partial charge in [-0.1, -0.05) is 30.3 Å². The van der Waals surface area contributed by atoms with E-state index in [1.165, 1.54) is 0 Å². The van der Waals surface area contributed by atoms with Crippen molar-refractivity contribution in [1.29, 1.82) is 0 Å². The molecular formula is C20H20F4O3. The molecule has 0 spiro atoms. The molecule has 1 aliphatic heterocycles. The van der Waals surface area contributed by atoms with E-state index in [4.69, 9.17) is 14.2 Å². The van der Waals surface area contributed by atoms with E-state index < -0.39 is 23.3 Å². The second-order valence-corrected chi connectivity index (χ2v) is 6.32. The van der Waals surface area contributed by atoms with Crippen LogP contribution in [0.15, 0.2) is 48.5 Å². The van der Waals surface area contributed by atoms with Gasteiger partial charge in [0.1, 0.15) is 5.82 Å². The van der Waals surface area contributed by atoms with E-state index in [0.717, 1.165) is 17.7 Å². The molecule has 0 N–H and O–H groups in total. The zero-order valence-corrected chi connectivity index (χ0v) is 14.6. The first-order valence-corrected chi connectivity index (χ1v) is 8.67. The number of hydrogen-bond donors (Lipinski definition) is 0. The van der Waals surface area contributed by atoms with Crippen LogP contribution in [-0.2, 0) is 32.8 Å². The van der Waals surface area contributed by atoms with Gasteiger partial charge in [0.2, 0.25) is 0 Å². The van der Waals surface area contributed by atoms with Crippen molar-refractivity contribution in [3.63, 3.8) is 0 Å². The van der Waals surface area contributed by atoms with Crippen LogP contribution in [-0.4, -0.2) is 19.8 Å².